The molecule has 0 heterocycles. The van der Waals surface area contributed by atoms with E-state index in [-0.39, 0.29) is 22.0 Å². The minimum atomic E-state index is -0.118. The van der Waals surface area contributed by atoms with Crippen LogP contribution in [0, 0.1) is 27.7 Å². The standard InChI is InChI=1S/C47H63NO/c1-27(2)38-19-18-20-39(28(3)4)43(38)48-26-34-23-37(47(15,16)17)25-40(44(34)49)42-31(7)29(5)41(30(6)32(42)8)33-21-35(45(9,10)11)24-36(22-33)46(12,13)14/h18-28,49H,1-17H3. The van der Waals surface area contributed by atoms with Crippen molar-refractivity contribution in [1.82, 2.24) is 0 Å². The van der Waals surface area contributed by atoms with Crippen LogP contribution < -0.4 is 0 Å². The Bertz CT molecular complexity index is 1810. The zero-order valence-corrected chi connectivity index (χ0v) is 33.7. The van der Waals surface area contributed by atoms with Crippen LogP contribution >= 0.6 is 0 Å². The largest absolute Gasteiger partial charge is 0.507 e. The fraction of sp³-hybridized carbons (Fsp3) is 0.468. The van der Waals surface area contributed by atoms with Gasteiger partial charge in [0.25, 0.3) is 0 Å². The average Bonchev–Trinajstić information content (AvgIpc) is 2.98. The van der Waals surface area contributed by atoms with Gasteiger partial charge in [0.15, 0.2) is 0 Å². The highest BCUT2D eigenvalue weighted by atomic mass is 16.3. The Morgan fingerprint density at radius 2 is 0.980 bits per heavy atom. The van der Waals surface area contributed by atoms with E-state index in [0.717, 1.165) is 22.4 Å². The molecule has 0 amide bonds. The molecule has 0 aliphatic carbocycles. The normalized spacial score (nSPS) is 13.0. The first kappa shape index (κ1) is 38.2. The van der Waals surface area contributed by atoms with Gasteiger partial charge in [0.1, 0.15) is 5.75 Å². The molecule has 262 valence electrons. The van der Waals surface area contributed by atoms with Gasteiger partial charge in [-0.2, -0.15) is 0 Å². The molecule has 4 aromatic carbocycles. The molecule has 4 aromatic rings. The van der Waals surface area contributed by atoms with Crippen LogP contribution in [0.4, 0.5) is 5.69 Å². The maximum absolute atomic E-state index is 12.1. The molecule has 0 aliphatic rings. The summed E-state index contributed by atoms with van der Waals surface area (Å²) >= 11 is 0. The minimum absolute atomic E-state index is 0.0323. The van der Waals surface area contributed by atoms with Crippen molar-refractivity contribution in [3.05, 3.63) is 104 Å². The van der Waals surface area contributed by atoms with Gasteiger partial charge in [-0.1, -0.05) is 126 Å². The lowest BCUT2D eigenvalue weighted by atomic mass is 9.76. The Morgan fingerprint density at radius 3 is 1.39 bits per heavy atom. The summed E-state index contributed by atoms with van der Waals surface area (Å²) in [4.78, 5) is 5.14. The van der Waals surface area contributed by atoms with Gasteiger partial charge in [0.05, 0.1) is 5.69 Å². The highest BCUT2D eigenvalue weighted by Gasteiger charge is 2.26. The third-order valence-electron chi connectivity index (χ3n) is 10.5. The van der Waals surface area contributed by atoms with Crippen LogP contribution in [0.1, 0.15) is 157 Å². The fourth-order valence-electron chi connectivity index (χ4n) is 6.96. The van der Waals surface area contributed by atoms with E-state index in [1.54, 1.807) is 0 Å². The van der Waals surface area contributed by atoms with Crippen LogP contribution in [0.5, 0.6) is 5.75 Å². The number of para-hydroxylation sites is 1. The molecule has 49 heavy (non-hydrogen) atoms. The summed E-state index contributed by atoms with van der Waals surface area (Å²) in [5, 5.41) is 12.1. The number of aromatic hydroxyl groups is 1. The lowest BCUT2D eigenvalue weighted by Gasteiger charge is -2.28. The van der Waals surface area contributed by atoms with Crippen molar-refractivity contribution in [3.63, 3.8) is 0 Å². The van der Waals surface area contributed by atoms with E-state index in [4.69, 9.17) is 4.99 Å². The van der Waals surface area contributed by atoms with Crippen molar-refractivity contribution in [2.24, 2.45) is 4.99 Å². The predicted molar refractivity (Wildman–Crippen MR) is 216 cm³/mol. The third-order valence-corrected chi connectivity index (χ3v) is 10.5. The van der Waals surface area contributed by atoms with E-state index < -0.39 is 0 Å². The number of phenols is 1. The molecule has 0 atom stereocenters. The topological polar surface area (TPSA) is 32.6 Å². The molecule has 0 spiro atoms. The van der Waals surface area contributed by atoms with Gasteiger partial charge in [-0.05, 0) is 135 Å². The molecule has 0 unspecified atom stereocenters. The fourth-order valence-corrected chi connectivity index (χ4v) is 6.96. The Kier molecular flexibility index (Phi) is 10.6. The summed E-state index contributed by atoms with van der Waals surface area (Å²) in [5.41, 5.74) is 17.5. The van der Waals surface area contributed by atoms with Crippen molar-refractivity contribution >= 4 is 11.9 Å². The average molecular weight is 658 g/mol. The molecule has 0 aromatic heterocycles. The molecule has 2 nitrogen and oxygen atoms in total. The van der Waals surface area contributed by atoms with Crippen molar-refractivity contribution in [2.45, 2.75) is 146 Å². The molecule has 4 rings (SSSR count). The SMILES string of the molecule is Cc1c(C)c(-c2cc(C(C)(C)C)cc(C=Nc3c(C(C)C)cccc3C(C)C)c2O)c(C)c(C)c1-c1cc(C(C)(C)C)cc(C(C)(C)C)c1. The summed E-state index contributed by atoms with van der Waals surface area (Å²) in [5.74, 6) is 0.968. The summed E-state index contributed by atoms with van der Waals surface area (Å²) in [7, 11) is 0. The lowest BCUT2D eigenvalue weighted by Crippen LogP contribution is -2.16. The van der Waals surface area contributed by atoms with Crippen molar-refractivity contribution in [2.75, 3.05) is 0 Å². The van der Waals surface area contributed by atoms with E-state index in [1.807, 2.05) is 6.21 Å². The molecule has 1 N–H and O–H groups in total. The third kappa shape index (κ3) is 7.74. The van der Waals surface area contributed by atoms with Gasteiger partial charge in [-0.3, -0.25) is 4.99 Å². The number of hydrogen-bond acceptors (Lipinski definition) is 2. The first-order valence-electron chi connectivity index (χ1n) is 18.3. The Labute approximate surface area is 299 Å². The molecule has 0 bridgehead atoms. The zero-order chi connectivity index (χ0) is 37.0. The maximum Gasteiger partial charge on any atom is 0.132 e. The highest BCUT2D eigenvalue weighted by Crippen LogP contribution is 2.46. The number of aliphatic imine (C=N–C) groups is 1. The first-order valence-corrected chi connectivity index (χ1v) is 18.3. The smallest absolute Gasteiger partial charge is 0.132 e. The maximum atomic E-state index is 12.1. The van der Waals surface area contributed by atoms with Crippen LogP contribution in [0.3, 0.4) is 0 Å². The van der Waals surface area contributed by atoms with Gasteiger partial charge in [0.2, 0.25) is 0 Å². The van der Waals surface area contributed by atoms with Crippen LogP contribution in [0.2, 0.25) is 0 Å². The second-order valence-corrected chi connectivity index (χ2v) is 18.1. The Hall–Kier alpha value is -3.65. The number of hydrogen-bond donors (Lipinski definition) is 1. The second kappa shape index (κ2) is 13.6. The van der Waals surface area contributed by atoms with E-state index in [1.165, 1.54) is 61.2 Å². The van der Waals surface area contributed by atoms with Crippen LogP contribution in [-0.4, -0.2) is 11.3 Å². The molecular formula is C47H63NO. The Balaban J connectivity index is 2.02. The predicted octanol–water partition coefficient (Wildman–Crippen LogP) is 13.8. The van der Waals surface area contributed by atoms with E-state index in [2.05, 4.69) is 166 Å². The van der Waals surface area contributed by atoms with E-state index >= 15 is 0 Å². The minimum Gasteiger partial charge on any atom is -0.507 e. The molecule has 2 heteroatoms. The summed E-state index contributed by atoms with van der Waals surface area (Å²) in [6.45, 7) is 38.4. The quantitative estimate of drug-likeness (QED) is 0.206. The van der Waals surface area contributed by atoms with Gasteiger partial charge >= 0.3 is 0 Å². The molecule has 0 fully saturated rings. The van der Waals surface area contributed by atoms with Crippen LogP contribution in [0.15, 0.2) is 53.5 Å². The van der Waals surface area contributed by atoms with Crippen molar-refractivity contribution in [3.8, 4) is 28.0 Å². The molecule has 0 saturated carbocycles. The van der Waals surface area contributed by atoms with Gasteiger partial charge < -0.3 is 5.11 Å². The van der Waals surface area contributed by atoms with Gasteiger partial charge in [0, 0.05) is 17.3 Å². The summed E-state index contributed by atoms with van der Waals surface area (Å²) in [6.07, 6.45) is 1.89. The highest BCUT2D eigenvalue weighted by molar-refractivity contribution is 5.93. The monoisotopic (exact) mass is 657 g/mol. The van der Waals surface area contributed by atoms with E-state index in [9.17, 15) is 5.11 Å². The number of phenolic OH excluding ortho intramolecular Hbond substituents is 1. The second-order valence-electron chi connectivity index (χ2n) is 18.1. The molecule has 0 aliphatic heterocycles. The van der Waals surface area contributed by atoms with Crippen LogP contribution in [-0.2, 0) is 16.2 Å². The Morgan fingerprint density at radius 1 is 0.571 bits per heavy atom. The number of nitrogens with zero attached hydrogens (tertiary/aromatic N) is 1. The van der Waals surface area contributed by atoms with E-state index in [0.29, 0.717) is 11.8 Å². The van der Waals surface area contributed by atoms with Gasteiger partial charge in [-0.25, -0.2) is 0 Å². The van der Waals surface area contributed by atoms with Crippen LogP contribution in [0.25, 0.3) is 22.3 Å². The lowest BCUT2D eigenvalue weighted by molar-refractivity contribution is 0.475. The first-order chi connectivity index (χ1) is 22.4. The number of rotatable bonds is 6. The molecule has 0 radical (unpaired) electrons. The van der Waals surface area contributed by atoms with Crippen molar-refractivity contribution in [1.29, 1.82) is 0 Å². The number of benzene rings is 4. The summed E-state index contributed by atoms with van der Waals surface area (Å²) < 4.78 is 0. The summed E-state index contributed by atoms with van der Waals surface area (Å²) in [6, 6.07) is 18.0. The van der Waals surface area contributed by atoms with Crippen molar-refractivity contribution < 1.29 is 5.11 Å². The molecule has 0 saturated heterocycles. The zero-order valence-electron chi connectivity index (χ0n) is 33.7. The van der Waals surface area contributed by atoms with Gasteiger partial charge in [-0.15, -0.1) is 0 Å². The molecular weight excluding hydrogens is 595 g/mol.